The van der Waals surface area contributed by atoms with Gasteiger partial charge in [-0.1, -0.05) is 122 Å². The molecule has 0 aliphatic carbocycles. The highest BCUT2D eigenvalue weighted by atomic mass is 32.2. The smallest absolute Gasteiger partial charge is 0.294 e. The summed E-state index contributed by atoms with van der Waals surface area (Å²) in [5.74, 6) is 0. The fraction of sp³-hybridized carbons (Fsp3) is 0.786. The van der Waals surface area contributed by atoms with Crippen LogP contribution in [-0.2, 0) is 10.1 Å². The van der Waals surface area contributed by atoms with E-state index in [0.29, 0.717) is 0 Å². The van der Waals surface area contributed by atoms with Crippen molar-refractivity contribution in [2.45, 2.75) is 146 Å². The summed E-state index contributed by atoms with van der Waals surface area (Å²) in [5, 5.41) is 6.70. The molecular weight excluding hydrogens is 444 g/mol. The predicted octanol–water partition coefficient (Wildman–Crippen LogP) is 8.92. The third kappa shape index (κ3) is 12.4. The van der Waals surface area contributed by atoms with E-state index >= 15 is 0 Å². The highest BCUT2D eigenvalue weighted by Crippen LogP contribution is 2.32. The van der Waals surface area contributed by atoms with Crippen LogP contribution in [0.2, 0.25) is 0 Å². The van der Waals surface area contributed by atoms with Crippen molar-refractivity contribution in [3.05, 3.63) is 18.2 Å². The van der Waals surface area contributed by atoms with Crippen LogP contribution in [0.15, 0.2) is 23.1 Å². The molecule has 3 N–H and O–H groups in total. The third-order valence-corrected chi connectivity index (χ3v) is 7.89. The molecule has 196 valence electrons. The van der Waals surface area contributed by atoms with Gasteiger partial charge in [0.2, 0.25) is 0 Å². The Kier molecular flexibility index (Phi) is 14.7. The van der Waals surface area contributed by atoms with Crippen LogP contribution in [0.25, 0.3) is 0 Å². The van der Waals surface area contributed by atoms with Crippen molar-refractivity contribution < 1.29 is 13.0 Å². The fourth-order valence-electron chi connectivity index (χ4n) is 4.91. The maximum absolute atomic E-state index is 11.3. The van der Waals surface area contributed by atoms with Gasteiger partial charge >= 0.3 is 0 Å². The van der Waals surface area contributed by atoms with Crippen LogP contribution in [0.1, 0.15) is 135 Å². The second-order valence-corrected chi connectivity index (χ2v) is 11.6. The normalized spacial score (nSPS) is 15.2. The van der Waals surface area contributed by atoms with Crippen molar-refractivity contribution in [3.8, 4) is 0 Å². The summed E-state index contributed by atoms with van der Waals surface area (Å²) in [5.41, 5.74) is 1.65. The first kappa shape index (κ1) is 29.0. The molecule has 5 nitrogen and oxygen atoms in total. The lowest BCUT2D eigenvalue weighted by Gasteiger charge is -2.12. The predicted molar refractivity (Wildman–Crippen MR) is 145 cm³/mol. The largest absolute Gasteiger partial charge is 0.364 e. The molecular formula is C28H50N2O3S. The van der Waals surface area contributed by atoms with E-state index in [2.05, 4.69) is 17.6 Å². The van der Waals surface area contributed by atoms with Gasteiger partial charge in [-0.05, 0) is 31.0 Å². The van der Waals surface area contributed by atoms with Crippen LogP contribution < -0.4 is 10.6 Å². The lowest BCUT2D eigenvalue weighted by molar-refractivity contribution is 0.483. The Balaban J connectivity index is 1.33. The summed E-state index contributed by atoms with van der Waals surface area (Å²) in [7, 11) is -4.16. The molecule has 2 rings (SSSR count). The Hall–Kier alpha value is -1.27. The Morgan fingerprint density at radius 1 is 0.647 bits per heavy atom. The van der Waals surface area contributed by atoms with Gasteiger partial charge in [-0.25, -0.2) is 0 Å². The number of hydrogen-bond acceptors (Lipinski definition) is 4. The molecule has 1 aliphatic heterocycles. The minimum absolute atomic E-state index is 0.0651. The Labute approximate surface area is 209 Å². The van der Waals surface area contributed by atoms with Gasteiger partial charge in [0.05, 0.1) is 22.4 Å². The number of hydrogen-bond donors (Lipinski definition) is 3. The molecule has 0 bridgehead atoms. The highest BCUT2D eigenvalue weighted by Gasteiger charge is 2.21. The Bertz CT molecular complexity index is 767. The molecule has 0 radical (unpaired) electrons. The minimum atomic E-state index is -4.16. The molecule has 1 atom stereocenters. The summed E-state index contributed by atoms with van der Waals surface area (Å²) >= 11 is 0. The van der Waals surface area contributed by atoms with E-state index in [0.717, 1.165) is 24.2 Å². The quantitative estimate of drug-likeness (QED) is 0.117. The first-order chi connectivity index (χ1) is 16.5. The molecule has 1 heterocycles. The molecule has 1 aliphatic rings. The topological polar surface area (TPSA) is 78.4 Å². The summed E-state index contributed by atoms with van der Waals surface area (Å²) in [6, 6.07) is 4.64. The second kappa shape index (κ2) is 17.2. The molecule has 0 fully saturated rings. The third-order valence-electron chi connectivity index (χ3n) is 7.04. The van der Waals surface area contributed by atoms with Crippen LogP contribution in [0.5, 0.6) is 0 Å². The van der Waals surface area contributed by atoms with Crippen molar-refractivity contribution >= 4 is 21.5 Å². The summed E-state index contributed by atoms with van der Waals surface area (Å²) in [6.45, 7) is 2.28. The molecule has 1 aromatic rings. The molecule has 0 saturated heterocycles. The monoisotopic (exact) mass is 494 g/mol. The van der Waals surface area contributed by atoms with Gasteiger partial charge in [0.15, 0.2) is 0 Å². The van der Waals surface area contributed by atoms with E-state index in [-0.39, 0.29) is 11.1 Å². The van der Waals surface area contributed by atoms with E-state index in [9.17, 15) is 13.0 Å². The first-order valence-electron chi connectivity index (χ1n) is 14.2. The number of unbranched alkanes of at least 4 members (excludes halogenated alkanes) is 18. The second-order valence-electron chi connectivity index (χ2n) is 10.2. The first-order valence-corrected chi connectivity index (χ1v) is 15.6. The van der Waals surface area contributed by atoms with Gasteiger partial charge in [0.25, 0.3) is 10.1 Å². The summed E-state index contributed by atoms with van der Waals surface area (Å²) < 4.78 is 31.8. The average molecular weight is 495 g/mol. The molecule has 0 spiro atoms. The molecule has 0 amide bonds. The number of benzene rings is 1. The van der Waals surface area contributed by atoms with E-state index in [4.69, 9.17) is 0 Å². The molecule has 1 aromatic carbocycles. The highest BCUT2D eigenvalue weighted by molar-refractivity contribution is 7.85. The zero-order valence-corrected chi connectivity index (χ0v) is 22.4. The van der Waals surface area contributed by atoms with Gasteiger partial charge in [-0.3, -0.25) is 4.55 Å². The van der Waals surface area contributed by atoms with Crippen LogP contribution >= 0.6 is 0 Å². The summed E-state index contributed by atoms with van der Waals surface area (Å²) in [4.78, 5) is -0.0651. The van der Waals surface area contributed by atoms with Crippen LogP contribution in [0, 0.1) is 0 Å². The van der Waals surface area contributed by atoms with E-state index in [1.165, 1.54) is 128 Å². The van der Waals surface area contributed by atoms with Crippen molar-refractivity contribution in [2.24, 2.45) is 0 Å². The SMILES string of the molecule is CCCCCCCCCCCCCCCCCCCCCC1Nc2ccc(S(=O)(=O)O)cc2N1. The van der Waals surface area contributed by atoms with E-state index < -0.39 is 10.1 Å². The number of anilines is 2. The van der Waals surface area contributed by atoms with Crippen molar-refractivity contribution in [1.29, 1.82) is 0 Å². The van der Waals surface area contributed by atoms with Crippen molar-refractivity contribution in [1.82, 2.24) is 0 Å². The standard InChI is InChI=1S/C28H50N2O3S/c1-2-3-4-5-6-7-8-9-10-11-12-13-14-15-16-17-18-19-20-21-28-29-26-23-22-25(34(31,32)33)24-27(26)30-28/h22-24,28-30H,2-21H2,1H3,(H,31,32,33). The fourth-order valence-corrected chi connectivity index (χ4v) is 5.42. The molecule has 34 heavy (non-hydrogen) atoms. The van der Waals surface area contributed by atoms with E-state index in [1.54, 1.807) is 6.07 Å². The average Bonchev–Trinajstić information content (AvgIpc) is 3.22. The summed E-state index contributed by atoms with van der Waals surface area (Å²) in [6.07, 6.45) is 27.4. The van der Waals surface area contributed by atoms with Crippen molar-refractivity contribution in [2.75, 3.05) is 10.6 Å². The number of nitrogens with one attached hydrogen (secondary N) is 2. The lowest BCUT2D eigenvalue weighted by Crippen LogP contribution is -2.21. The maximum atomic E-state index is 11.3. The van der Waals surface area contributed by atoms with Gasteiger partial charge in [-0.15, -0.1) is 0 Å². The van der Waals surface area contributed by atoms with Gasteiger partial charge in [0.1, 0.15) is 0 Å². The van der Waals surface area contributed by atoms with Crippen LogP contribution in [-0.4, -0.2) is 19.1 Å². The Morgan fingerprint density at radius 3 is 1.50 bits per heavy atom. The number of fused-ring (bicyclic) bond motifs is 1. The zero-order chi connectivity index (χ0) is 24.5. The maximum Gasteiger partial charge on any atom is 0.294 e. The van der Waals surface area contributed by atoms with Gasteiger partial charge in [0, 0.05) is 0 Å². The molecule has 6 heteroatoms. The Morgan fingerprint density at radius 2 is 1.06 bits per heavy atom. The molecule has 1 unspecified atom stereocenters. The van der Waals surface area contributed by atoms with Crippen molar-refractivity contribution in [3.63, 3.8) is 0 Å². The van der Waals surface area contributed by atoms with Crippen LogP contribution in [0.3, 0.4) is 0 Å². The molecule has 0 aromatic heterocycles. The number of rotatable bonds is 21. The lowest BCUT2D eigenvalue weighted by atomic mass is 10.0. The van der Waals surface area contributed by atoms with Gasteiger partial charge in [-0.2, -0.15) is 8.42 Å². The van der Waals surface area contributed by atoms with E-state index in [1.807, 2.05) is 0 Å². The zero-order valence-electron chi connectivity index (χ0n) is 21.6. The van der Waals surface area contributed by atoms with Gasteiger partial charge < -0.3 is 10.6 Å². The van der Waals surface area contributed by atoms with Crippen LogP contribution in [0.4, 0.5) is 11.4 Å². The minimum Gasteiger partial charge on any atom is -0.364 e. The molecule has 0 saturated carbocycles.